The van der Waals surface area contributed by atoms with Crippen LogP contribution in [0.1, 0.15) is 20.3 Å². The molecule has 0 aromatic heterocycles. The molecule has 96 valence electrons. The summed E-state index contributed by atoms with van der Waals surface area (Å²) in [7, 11) is -2.34. The van der Waals surface area contributed by atoms with Crippen molar-refractivity contribution < 1.29 is 27.2 Å². The van der Waals surface area contributed by atoms with Crippen molar-refractivity contribution in [3.8, 4) is 0 Å². The molecule has 0 amide bonds. The fourth-order valence-electron chi connectivity index (χ4n) is 1.11. The Morgan fingerprint density at radius 2 is 1.81 bits per heavy atom. The quantitative estimate of drug-likeness (QED) is 0.287. The Morgan fingerprint density at radius 1 is 1.25 bits per heavy atom. The molecule has 0 N–H and O–H groups in total. The zero-order valence-electron chi connectivity index (χ0n) is 9.95. The molecule has 0 aromatic rings. The largest absolute Gasteiger partial charge is 0.540 e. The minimum absolute atomic E-state index is 0.103. The minimum atomic E-state index is -3.56. The van der Waals surface area contributed by atoms with Crippen molar-refractivity contribution in [1.29, 1.82) is 0 Å². The second-order valence-corrected chi connectivity index (χ2v) is 5.33. The molecule has 0 saturated carbocycles. The zero-order valence-corrected chi connectivity index (χ0v) is 11.0. The second-order valence-electron chi connectivity index (χ2n) is 2.93. The highest BCUT2D eigenvalue weighted by molar-refractivity contribution is 6.59. The van der Waals surface area contributed by atoms with Gasteiger partial charge in [0.1, 0.15) is 0 Å². The van der Waals surface area contributed by atoms with Gasteiger partial charge in [-0.05, 0) is 20.3 Å². The van der Waals surface area contributed by atoms with Crippen molar-refractivity contribution in [1.82, 2.24) is 0 Å². The van der Waals surface area contributed by atoms with Crippen LogP contribution in [-0.4, -0.2) is 42.0 Å². The molecule has 5 nitrogen and oxygen atoms in total. The molecule has 0 unspecified atom stereocenters. The Bertz CT molecular complexity index is 196. The number of rotatable bonds is 8. The molecule has 0 heterocycles. The number of ether oxygens (including phenoxy) is 2. The lowest BCUT2D eigenvalue weighted by Gasteiger charge is -2.20. The first-order chi connectivity index (χ1) is 7.58. The van der Waals surface area contributed by atoms with Gasteiger partial charge in [0.2, 0.25) is 0 Å². The van der Waals surface area contributed by atoms with E-state index >= 15 is 0 Å². The van der Waals surface area contributed by atoms with Crippen LogP contribution in [0.3, 0.4) is 0 Å². The van der Waals surface area contributed by atoms with Gasteiger partial charge in [0, 0.05) is 19.3 Å². The summed E-state index contributed by atoms with van der Waals surface area (Å²) in [5.74, 6) is 0. The Hall–Kier alpha value is -0.663. The van der Waals surface area contributed by atoms with Gasteiger partial charge in [-0.1, -0.05) is 0 Å². The number of methoxy groups -OCH3 is 1. The third kappa shape index (κ3) is 6.75. The molecule has 7 heteroatoms. The van der Waals surface area contributed by atoms with E-state index in [0.717, 1.165) is 0 Å². The fourth-order valence-corrected chi connectivity index (χ4v) is 2.92. The second kappa shape index (κ2) is 8.48. The highest BCUT2D eigenvalue weighted by atomic mass is 28.4. The molecule has 0 spiro atoms. The van der Waals surface area contributed by atoms with Gasteiger partial charge >= 0.3 is 15.1 Å². The standard InChI is InChI=1S/C9H19FO5Si/c1-4-14-16(10,15-5-2)8-6-7-13-9(11)12-3/h4-8H2,1-3H3. The van der Waals surface area contributed by atoms with E-state index in [-0.39, 0.29) is 25.9 Å². The van der Waals surface area contributed by atoms with E-state index in [1.54, 1.807) is 13.8 Å². The monoisotopic (exact) mass is 254 g/mol. The SMILES string of the molecule is CCO[Si](F)(CCCOC(=O)OC)OCC. The molecule has 0 rings (SSSR count). The van der Waals surface area contributed by atoms with Gasteiger partial charge in [-0.3, -0.25) is 0 Å². The van der Waals surface area contributed by atoms with Crippen LogP contribution in [0.25, 0.3) is 0 Å². The summed E-state index contributed by atoms with van der Waals surface area (Å²) in [5, 5.41) is 0. The summed E-state index contributed by atoms with van der Waals surface area (Å²) in [4.78, 5) is 10.6. The van der Waals surface area contributed by atoms with Crippen molar-refractivity contribution in [3.05, 3.63) is 0 Å². The molecule has 0 saturated heterocycles. The van der Waals surface area contributed by atoms with E-state index in [4.69, 9.17) is 8.85 Å². The topological polar surface area (TPSA) is 54.0 Å². The lowest BCUT2D eigenvalue weighted by Crippen LogP contribution is -2.37. The molecule has 0 aliphatic rings. The van der Waals surface area contributed by atoms with E-state index in [2.05, 4.69) is 9.47 Å². The van der Waals surface area contributed by atoms with Gasteiger partial charge in [0.25, 0.3) is 0 Å². The van der Waals surface area contributed by atoms with Crippen LogP contribution in [0.2, 0.25) is 6.04 Å². The van der Waals surface area contributed by atoms with Crippen LogP contribution in [0.4, 0.5) is 8.90 Å². The summed E-state index contributed by atoms with van der Waals surface area (Å²) in [5.41, 5.74) is 0. The number of hydrogen-bond acceptors (Lipinski definition) is 5. The van der Waals surface area contributed by atoms with Crippen LogP contribution >= 0.6 is 0 Å². The summed E-state index contributed by atoms with van der Waals surface area (Å²) in [6.45, 7) is 4.09. The maximum atomic E-state index is 13.9. The van der Waals surface area contributed by atoms with Crippen LogP contribution in [0.5, 0.6) is 0 Å². The summed E-state index contributed by atoms with van der Waals surface area (Å²) >= 11 is 0. The lowest BCUT2D eigenvalue weighted by molar-refractivity contribution is 0.0706. The zero-order chi connectivity index (χ0) is 12.4. The van der Waals surface area contributed by atoms with Crippen LogP contribution in [0.15, 0.2) is 0 Å². The maximum Gasteiger partial charge on any atom is 0.540 e. The van der Waals surface area contributed by atoms with Crippen LogP contribution in [-0.2, 0) is 18.3 Å². The maximum absolute atomic E-state index is 13.9. The highest BCUT2D eigenvalue weighted by Gasteiger charge is 2.38. The summed E-state index contributed by atoms with van der Waals surface area (Å²) in [6, 6.07) is 0.145. The van der Waals surface area contributed by atoms with Gasteiger partial charge < -0.3 is 18.3 Å². The van der Waals surface area contributed by atoms with Crippen molar-refractivity contribution in [2.45, 2.75) is 26.3 Å². The fraction of sp³-hybridized carbons (Fsp3) is 0.889. The predicted molar refractivity (Wildman–Crippen MR) is 57.9 cm³/mol. The molecule has 0 atom stereocenters. The summed E-state index contributed by atoms with van der Waals surface area (Å²) < 4.78 is 32.8. The molecule has 0 aromatic carbocycles. The van der Waals surface area contributed by atoms with Gasteiger partial charge in [-0.25, -0.2) is 8.90 Å². The van der Waals surface area contributed by atoms with Crippen LogP contribution < -0.4 is 0 Å². The smallest absolute Gasteiger partial charge is 0.438 e. The number of carbonyl (C=O) groups is 1. The van der Waals surface area contributed by atoms with Gasteiger partial charge in [-0.15, -0.1) is 0 Å². The Labute approximate surface area is 96.2 Å². The van der Waals surface area contributed by atoms with Crippen molar-refractivity contribution in [3.63, 3.8) is 0 Å². The third-order valence-electron chi connectivity index (χ3n) is 1.73. The average Bonchev–Trinajstić information content (AvgIpc) is 2.25. The molecular weight excluding hydrogens is 235 g/mol. The Kier molecular flexibility index (Phi) is 8.13. The molecule has 0 aliphatic carbocycles. The molecular formula is C9H19FO5Si. The first-order valence-electron chi connectivity index (χ1n) is 5.25. The van der Waals surface area contributed by atoms with Crippen molar-refractivity contribution in [2.24, 2.45) is 0 Å². The van der Waals surface area contributed by atoms with Gasteiger partial charge in [0.05, 0.1) is 13.7 Å². The first-order valence-corrected chi connectivity index (χ1v) is 7.15. The lowest BCUT2D eigenvalue weighted by atomic mass is 10.5. The Morgan fingerprint density at radius 3 is 2.25 bits per heavy atom. The molecule has 0 bridgehead atoms. The van der Waals surface area contributed by atoms with Gasteiger partial charge in [0.15, 0.2) is 0 Å². The van der Waals surface area contributed by atoms with E-state index in [1.165, 1.54) is 7.11 Å². The molecule has 0 fully saturated rings. The van der Waals surface area contributed by atoms with Crippen molar-refractivity contribution in [2.75, 3.05) is 26.9 Å². The minimum Gasteiger partial charge on any atom is -0.438 e. The summed E-state index contributed by atoms with van der Waals surface area (Å²) in [6.07, 6.45) is -0.406. The molecule has 0 radical (unpaired) electrons. The predicted octanol–water partition coefficient (Wildman–Crippen LogP) is 2.14. The number of halogens is 1. The van der Waals surface area contributed by atoms with Crippen LogP contribution in [0, 0.1) is 0 Å². The third-order valence-corrected chi connectivity index (χ3v) is 4.12. The first kappa shape index (κ1) is 15.3. The van der Waals surface area contributed by atoms with Crippen molar-refractivity contribution >= 4 is 15.1 Å². The highest BCUT2D eigenvalue weighted by Crippen LogP contribution is 2.17. The Balaban J connectivity index is 3.79. The number of hydrogen-bond donors (Lipinski definition) is 0. The average molecular weight is 254 g/mol. The van der Waals surface area contributed by atoms with E-state index < -0.39 is 15.1 Å². The normalized spacial score (nSPS) is 11.2. The van der Waals surface area contributed by atoms with E-state index in [0.29, 0.717) is 6.42 Å². The molecule has 0 aliphatic heterocycles. The van der Waals surface area contributed by atoms with Gasteiger partial charge in [-0.2, -0.15) is 0 Å². The molecule has 16 heavy (non-hydrogen) atoms. The van der Waals surface area contributed by atoms with E-state index in [1.807, 2.05) is 0 Å². The number of carbonyl (C=O) groups excluding carboxylic acids is 1. The van der Waals surface area contributed by atoms with E-state index in [9.17, 15) is 8.90 Å².